The average Bonchev–Trinajstić information content (AvgIpc) is 3.29. The van der Waals surface area contributed by atoms with Gasteiger partial charge in [0.15, 0.2) is 11.0 Å². The predicted octanol–water partition coefficient (Wildman–Crippen LogP) is 2.28. The number of anilines is 1. The second kappa shape index (κ2) is 9.60. The Bertz CT molecular complexity index is 950. The standard InChI is InChI=1S/C18H22ClF2N5O5/c1-3-9-14(19)25-15(23-9)16(27)24-10-4-5-26(6-11(10)30-7-12(20)21)18-22-8(2)13(31-18)17(28)29/h10-12H,3-7H2,1-2H3,(H,23,25)(H,24,27)(H,28,29)/t10-,11+/m0/s1. The van der Waals surface area contributed by atoms with Crippen molar-refractivity contribution in [3.8, 4) is 0 Å². The fourth-order valence-electron chi connectivity index (χ4n) is 3.30. The molecule has 1 aliphatic heterocycles. The quantitative estimate of drug-likeness (QED) is 0.545. The number of aromatic nitrogens is 3. The molecule has 1 aliphatic rings. The number of imidazole rings is 1. The van der Waals surface area contributed by atoms with Crippen molar-refractivity contribution in [3.63, 3.8) is 0 Å². The van der Waals surface area contributed by atoms with Crippen molar-refractivity contribution in [1.29, 1.82) is 0 Å². The van der Waals surface area contributed by atoms with Crippen LogP contribution in [-0.4, -0.2) is 70.2 Å². The lowest BCUT2D eigenvalue weighted by Crippen LogP contribution is -2.55. The van der Waals surface area contributed by atoms with Crippen molar-refractivity contribution in [2.45, 2.75) is 45.3 Å². The summed E-state index contributed by atoms with van der Waals surface area (Å²) in [6.07, 6.45) is -2.63. The van der Waals surface area contributed by atoms with Gasteiger partial charge in [-0.05, 0) is 19.8 Å². The Morgan fingerprint density at radius 3 is 2.77 bits per heavy atom. The molecule has 0 spiro atoms. The number of aromatic amines is 1. The minimum atomic E-state index is -2.69. The highest BCUT2D eigenvalue weighted by Crippen LogP contribution is 2.24. The van der Waals surface area contributed by atoms with Gasteiger partial charge in [-0.15, -0.1) is 0 Å². The summed E-state index contributed by atoms with van der Waals surface area (Å²) in [5.41, 5.74) is 0.810. The molecular weight excluding hydrogens is 440 g/mol. The normalized spacial score (nSPS) is 19.1. The fraction of sp³-hybridized carbons (Fsp3) is 0.556. The number of carbonyl (C=O) groups is 2. The molecule has 0 unspecified atom stereocenters. The molecule has 2 aromatic heterocycles. The van der Waals surface area contributed by atoms with Gasteiger partial charge in [0.1, 0.15) is 6.61 Å². The minimum Gasteiger partial charge on any atom is -0.475 e. The van der Waals surface area contributed by atoms with E-state index in [1.807, 2.05) is 6.92 Å². The maximum Gasteiger partial charge on any atom is 0.373 e. The number of aryl methyl sites for hydroxylation is 2. The van der Waals surface area contributed by atoms with E-state index >= 15 is 0 Å². The number of hydrogen-bond donors (Lipinski definition) is 3. The third kappa shape index (κ3) is 5.31. The van der Waals surface area contributed by atoms with Gasteiger partial charge in [0.05, 0.1) is 30.1 Å². The fourth-order valence-corrected chi connectivity index (χ4v) is 3.57. The number of carbonyl (C=O) groups excluding carboxylic acids is 1. The lowest BCUT2D eigenvalue weighted by Gasteiger charge is -2.37. The number of H-pyrrole nitrogens is 1. The second-order valence-corrected chi connectivity index (χ2v) is 7.36. The Kier molecular flexibility index (Phi) is 7.11. The topological polar surface area (TPSA) is 134 Å². The minimum absolute atomic E-state index is 0.0197. The van der Waals surface area contributed by atoms with Crippen molar-refractivity contribution in [2.24, 2.45) is 0 Å². The summed E-state index contributed by atoms with van der Waals surface area (Å²) in [5.74, 6) is -2.07. The van der Waals surface area contributed by atoms with E-state index in [2.05, 4.69) is 20.3 Å². The Hall–Kier alpha value is -2.73. The molecule has 2 atom stereocenters. The van der Waals surface area contributed by atoms with Crippen LogP contribution in [0.5, 0.6) is 0 Å². The highest BCUT2D eigenvalue weighted by atomic mass is 35.5. The number of carboxylic acids is 1. The lowest BCUT2D eigenvalue weighted by molar-refractivity contribution is -0.0395. The molecule has 31 heavy (non-hydrogen) atoms. The largest absolute Gasteiger partial charge is 0.475 e. The Balaban J connectivity index is 1.73. The predicted molar refractivity (Wildman–Crippen MR) is 105 cm³/mol. The summed E-state index contributed by atoms with van der Waals surface area (Å²) in [6, 6.07) is -0.540. The zero-order chi connectivity index (χ0) is 22.7. The molecule has 3 rings (SSSR count). The summed E-state index contributed by atoms with van der Waals surface area (Å²) in [6.45, 7) is 2.92. The monoisotopic (exact) mass is 461 g/mol. The van der Waals surface area contributed by atoms with Crippen LogP contribution in [0, 0.1) is 6.92 Å². The molecule has 2 aromatic rings. The summed E-state index contributed by atoms with van der Waals surface area (Å²) in [4.78, 5) is 36.3. The number of amides is 1. The van der Waals surface area contributed by atoms with Gasteiger partial charge in [0, 0.05) is 6.54 Å². The number of carboxylic acid groups (broad SMARTS) is 1. The summed E-state index contributed by atoms with van der Waals surface area (Å²) in [7, 11) is 0. The lowest BCUT2D eigenvalue weighted by atomic mass is 10.0. The number of alkyl halides is 2. The Labute approximate surface area is 180 Å². The van der Waals surface area contributed by atoms with Crippen LogP contribution in [0.2, 0.25) is 5.15 Å². The van der Waals surface area contributed by atoms with Gasteiger partial charge in [0.25, 0.3) is 18.3 Å². The molecule has 0 aromatic carbocycles. The van der Waals surface area contributed by atoms with E-state index < -0.39 is 37.1 Å². The molecular formula is C18H22ClF2N5O5. The van der Waals surface area contributed by atoms with Crippen LogP contribution in [-0.2, 0) is 11.2 Å². The van der Waals surface area contributed by atoms with Gasteiger partial charge in [-0.3, -0.25) is 4.79 Å². The number of ether oxygens (including phenoxy) is 1. The summed E-state index contributed by atoms with van der Waals surface area (Å²) in [5, 5.41) is 12.1. The highest BCUT2D eigenvalue weighted by molar-refractivity contribution is 6.30. The van der Waals surface area contributed by atoms with Gasteiger partial charge in [-0.2, -0.15) is 4.98 Å². The number of halogens is 3. The first kappa shape index (κ1) is 22.9. The molecule has 0 saturated carbocycles. The first-order chi connectivity index (χ1) is 14.7. The molecule has 0 bridgehead atoms. The molecule has 3 heterocycles. The van der Waals surface area contributed by atoms with Crippen LogP contribution in [0.15, 0.2) is 4.42 Å². The second-order valence-electron chi connectivity index (χ2n) is 7.00. The number of hydrogen-bond acceptors (Lipinski definition) is 7. The Morgan fingerprint density at radius 1 is 1.45 bits per heavy atom. The van der Waals surface area contributed by atoms with Crippen molar-refractivity contribution < 1.29 is 32.6 Å². The molecule has 10 nitrogen and oxygen atoms in total. The number of rotatable bonds is 8. The summed E-state index contributed by atoms with van der Waals surface area (Å²) < 4.78 is 36.1. The van der Waals surface area contributed by atoms with E-state index in [1.165, 1.54) is 6.92 Å². The van der Waals surface area contributed by atoms with Crippen LogP contribution in [0.1, 0.15) is 45.9 Å². The van der Waals surface area contributed by atoms with Crippen LogP contribution in [0.3, 0.4) is 0 Å². The Morgan fingerprint density at radius 2 is 2.19 bits per heavy atom. The number of aromatic carboxylic acids is 1. The van der Waals surface area contributed by atoms with Crippen molar-refractivity contribution in [3.05, 3.63) is 28.1 Å². The van der Waals surface area contributed by atoms with E-state index in [0.717, 1.165) is 0 Å². The van der Waals surface area contributed by atoms with Crippen LogP contribution >= 0.6 is 11.6 Å². The number of oxazole rings is 1. The van der Waals surface area contributed by atoms with Crippen LogP contribution in [0.4, 0.5) is 14.8 Å². The van der Waals surface area contributed by atoms with E-state index in [0.29, 0.717) is 25.1 Å². The average molecular weight is 462 g/mol. The first-order valence-electron chi connectivity index (χ1n) is 9.60. The van der Waals surface area contributed by atoms with Gasteiger partial charge in [0.2, 0.25) is 5.76 Å². The van der Waals surface area contributed by atoms with Gasteiger partial charge < -0.3 is 29.5 Å². The third-order valence-electron chi connectivity index (χ3n) is 4.86. The van der Waals surface area contributed by atoms with Gasteiger partial charge >= 0.3 is 5.97 Å². The molecule has 170 valence electrons. The first-order valence-corrected chi connectivity index (χ1v) is 9.98. The van der Waals surface area contributed by atoms with Crippen LogP contribution < -0.4 is 10.2 Å². The van der Waals surface area contributed by atoms with E-state index in [1.54, 1.807) is 4.90 Å². The van der Waals surface area contributed by atoms with E-state index in [9.17, 15) is 18.4 Å². The van der Waals surface area contributed by atoms with Crippen molar-refractivity contribution in [2.75, 3.05) is 24.6 Å². The molecule has 3 N–H and O–H groups in total. The maximum absolute atomic E-state index is 12.7. The molecule has 1 fully saturated rings. The highest BCUT2D eigenvalue weighted by Gasteiger charge is 2.35. The smallest absolute Gasteiger partial charge is 0.373 e. The third-order valence-corrected chi connectivity index (χ3v) is 5.17. The molecule has 0 aliphatic carbocycles. The molecule has 0 radical (unpaired) electrons. The molecule has 1 amide bonds. The number of nitrogens with zero attached hydrogens (tertiary/aromatic N) is 3. The number of nitrogens with one attached hydrogen (secondary N) is 2. The summed E-state index contributed by atoms with van der Waals surface area (Å²) >= 11 is 5.97. The van der Waals surface area contributed by atoms with E-state index in [-0.39, 0.29) is 35.0 Å². The van der Waals surface area contributed by atoms with Crippen molar-refractivity contribution >= 4 is 29.5 Å². The molecule has 1 saturated heterocycles. The molecule has 13 heteroatoms. The SMILES string of the molecule is CCc1[nH]c(C(=O)N[C@H]2CCN(c3nc(C)c(C(=O)O)o3)C[C@H]2OCC(F)F)nc1Cl. The van der Waals surface area contributed by atoms with Crippen molar-refractivity contribution in [1.82, 2.24) is 20.3 Å². The van der Waals surface area contributed by atoms with Gasteiger partial charge in [-0.25, -0.2) is 18.6 Å². The van der Waals surface area contributed by atoms with E-state index in [4.69, 9.17) is 25.9 Å². The number of piperidine rings is 1. The zero-order valence-corrected chi connectivity index (χ0v) is 17.6. The van der Waals surface area contributed by atoms with Crippen LogP contribution in [0.25, 0.3) is 0 Å². The zero-order valence-electron chi connectivity index (χ0n) is 16.8. The van der Waals surface area contributed by atoms with Gasteiger partial charge in [-0.1, -0.05) is 18.5 Å². The maximum atomic E-state index is 12.7.